The van der Waals surface area contributed by atoms with Crippen LogP contribution in [0, 0.1) is 0 Å². The second-order valence-electron chi connectivity index (χ2n) is 6.55. The monoisotopic (exact) mass is 296 g/mol. The molecule has 0 saturated carbocycles. The molecular weight excluding hydrogens is 272 g/mol. The molecule has 3 nitrogen and oxygen atoms in total. The number of hydrogen-bond acceptors (Lipinski definition) is 3. The molecule has 1 aliphatic rings. The van der Waals surface area contributed by atoms with Crippen molar-refractivity contribution in [2.75, 3.05) is 45.2 Å². The molecule has 4 heteroatoms. The van der Waals surface area contributed by atoms with Gasteiger partial charge in [0, 0.05) is 26.2 Å². The Bertz CT molecular complexity index is 474. The van der Waals surface area contributed by atoms with Gasteiger partial charge >= 0.3 is 0 Å². The maximum atomic E-state index is 6.55. The van der Waals surface area contributed by atoms with Crippen molar-refractivity contribution < 1.29 is 4.74 Å². The van der Waals surface area contributed by atoms with Crippen LogP contribution in [0.3, 0.4) is 0 Å². The Labute approximate surface area is 127 Å². The number of methoxy groups -OCH3 is 1. The van der Waals surface area contributed by atoms with Gasteiger partial charge in [-0.25, -0.2) is 0 Å². The third kappa shape index (κ3) is 3.21. The van der Waals surface area contributed by atoms with E-state index in [1.165, 1.54) is 5.56 Å². The van der Waals surface area contributed by atoms with Gasteiger partial charge in [-0.2, -0.15) is 0 Å². The van der Waals surface area contributed by atoms with Crippen molar-refractivity contribution in [2.45, 2.75) is 26.2 Å². The Hall–Kier alpha value is -0.930. The lowest BCUT2D eigenvalue weighted by Gasteiger charge is -2.35. The smallest absolute Gasteiger partial charge is 0.143 e. The summed E-state index contributed by atoms with van der Waals surface area (Å²) in [7, 11) is 3.87. The number of halogens is 1. The molecule has 0 spiro atoms. The minimum absolute atomic E-state index is 0.0670. The van der Waals surface area contributed by atoms with E-state index in [4.69, 9.17) is 16.3 Å². The highest BCUT2D eigenvalue weighted by molar-refractivity contribution is 6.33. The molecule has 1 saturated heterocycles. The molecule has 1 fully saturated rings. The zero-order valence-electron chi connectivity index (χ0n) is 13.2. The Kier molecular flexibility index (Phi) is 4.50. The summed E-state index contributed by atoms with van der Waals surface area (Å²) in [4.78, 5) is 4.66. The lowest BCUT2D eigenvalue weighted by atomic mass is 9.86. The summed E-state index contributed by atoms with van der Waals surface area (Å²) < 4.78 is 5.60. The Morgan fingerprint density at radius 1 is 1.10 bits per heavy atom. The van der Waals surface area contributed by atoms with Crippen molar-refractivity contribution in [3.8, 4) is 5.75 Å². The minimum atomic E-state index is 0.0670. The molecule has 20 heavy (non-hydrogen) atoms. The first-order valence-corrected chi connectivity index (χ1v) is 7.52. The first kappa shape index (κ1) is 15.5. The van der Waals surface area contributed by atoms with Crippen molar-refractivity contribution in [1.82, 2.24) is 4.90 Å². The molecule has 0 unspecified atom stereocenters. The SMILES string of the molecule is COc1cc(C(C)(C)C)cc(Cl)c1N1CCN(C)CC1. The van der Waals surface area contributed by atoms with Crippen molar-refractivity contribution in [3.63, 3.8) is 0 Å². The third-order valence-electron chi connectivity index (χ3n) is 3.93. The van der Waals surface area contributed by atoms with Gasteiger partial charge in [0.2, 0.25) is 0 Å². The molecule has 1 aliphatic heterocycles. The number of anilines is 1. The van der Waals surface area contributed by atoms with E-state index in [1.807, 2.05) is 0 Å². The lowest BCUT2D eigenvalue weighted by Crippen LogP contribution is -2.44. The van der Waals surface area contributed by atoms with Crippen LogP contribution in [0.15, 0.2) is 12.1 Å². The molecule has 0 atom stereocenters. The highest BCUT2D eigenvalue weighted by Gasteiger charge is 2.23. The van der Waals surface area contributed by atoms with E-state index in [0.29, 0.717) is 0 Å². The summed E-state index contributed by atoms with van der Waals surface area (Å²) in [6.07, 6.45) is 0. The maximum absolute atomic E-state index is 6.55. The summed E-state index contributed by atoms with van der Waals surface area (Å²) in [5, 5.41) is 0.791. The number of benzene rings is 1. The molecule has 0 aromatic heterocycles. The molecule has 1 aromatic carbocycles. The molecular formula is C16H25ClN2O. The summed E-state index contributed by atoms with van der Waals surface area (Å²) in [5.74, 6) is 0.881. The molecule has 2 rings (SSSR count). The number of likely N-dealkylation sites (N-methyl/N-ethyl adjacent to an activating group) is 1. The van der Waals surface area contributed by atoms with Crippen LogP contribution in [0.5, 0.6) is 5.75 Å². The van der Waals surface area contributed by atoms with Gasteiger partial charge in [-0.1, -0.05) is 32.4 Å². The van der Waals surface area contributed by atoms with E-state index in [1.54, 1.807) is 7.11 Å². The van der Waals surface area contributed by atoms with Gasteiger partial charge in [-0.05, 0) is 30.2 Å². The standard InChI is InChI=1S/C16H25ClN2O/c1-16(2,3)12-10-13(17)15(14(11-12)20-5)19-8-6-18(4)7-9-19/h10-11H,6-9H2,1-5H3. The topological polar surface area (TPSA) is 15.7 Å². The Morgan fingerprint density at radius 3 is 2.20 bits per heavy atom. The Morgan fingerprint density at radius 2 is 1.70 bits per heavy atom. The number of nitrogens with zero attached hydrogens (tertiary/aromatic N) is 2. The zero-order chi connectivity index (χ0) is 14.9. The van der Waals surface area contributed by atoms with Crippen LogP contribution in [0.25, 0.3) is 0 Å². The van der Waals surface area contributed by atoms with Gasteiger partial charge in [0.15, 0.2) is 0 Å². The first-order valence-electron chi connectivity index (χ1n) is 7.14. The number of rotatable bonds is 2. The molecule has 1 heterocycles. The van der Waals surface area contributed by atoms with Gasteiger partial charge in [-0.15, -0.1) is 0 Å². The van der Waals surface area contributed by atoms with Gasteiger partial charge < -0.3 is 14.5 Å². The second-order valence-corrected chi connectivity index (χ2v) is 6.96. The quantitative estimate of drug-likeness (QED) is 0.832. The largest absolute Gasteiger partial charge is 0.495 e. The predicted molar refractivity (Wildman–Crippen MR) is 86.4 cm³/mol. The molecule has 0 bridgehead atoms. The predicted octanol–water partition coefficient (Wildman–Crippen LogP) is 3.40. The van der Waals surface area contributed by atoms with Crippen LogP contribution in [0.4, 0.5) is 5.69 Å². The normalized spacial score (nSPS) is 17.4. The van der Waals surface area contributed by atoms with Crippen molar-refractivity contribution >= 4 is 17.3 Å². The summed E-state index contributed by atoms with van der Waals surface area (Å²) in [5.41, 5.74) is 2.31. The highest BCUT2D eigenvalue weighted by Crippen LogP contribution is 2.40. The maximum Gasteiger partial charge on any atom is 0.143 e. The van der Waals surface area contributed by atoms with E-state index < -0.39 is 0 Å². The van der Waals surface area contributed by atoms with Crippen LogP contribution < -0.4 is 9.64 Å². The van der Waals surface area contributed by atoms with Crippen LogP contribution >= 0.6 is 11.6 Å². The van der Waals surface area contributed by atoms with Crippen LogP contribution in [0.1, 0.15) is 26.3 Å². The summed E-state index contributed by atoms with van der Waals surface area (Å²) in [6.45, 7) is 10.7. The summed E-state index contributed by atoms with van der Waals surface area (Å²) in [6, 6.07) is 4.21. The van der Waals surface area contributed by atoms with Crippen LogP contribution in [-0.2, 0) is 5.41 Å². The van der Waals surface area contributed by atoms with Crippen molar-refractivity contribution in [2.24, 2.45) is 0 Å². The van der Waals surface area contributed by atoms with E-state index >= 15 is 0 Å². The number of hydrogen-bond donors (Lipinski definition) is 0. The average molecular weight is 297 g/mol. The number of ether oxygens (including phenoxy) is 1. The minimum Gasteiger partial charge on any atom is -0.495 e. The average Bonchev–Trinajstić information content (AvgIpc) is 2.38. The van der Waals surface area contributed by atoms with Crippen molar-refractivity contribution in [3.05, 3.63) is 22.7 Å². The fourth-order valence-electron chi connectivity index (χ4n) is 2.50. The molecule has 0 radical (unpaired) electrons. The molecule has 1 aromatic rings. The fourth-order valence-corrected chi connectivity index (χ4v) is 2.83. The zero-order valence-corrected chi connectivity index (χ0v) is 13.9. The van der Waals surface area contributed by atoms with Crippen LogP contribution in [0.2, 0.25) is 5.02 Å². The van der Waals surface area contributed by atoms with E-state index in [9.17, 15) is 0 Å². The van der Waals surface area contributed by atoms with Gasteiger partial charge in [-0.3, -0.25) is 0 Å². The van der Waals surface area contributed by atoms with Crippen LogP contribution in [-0.4, -0.2) is 45.2 Å². The van der Waals surface area contributed by atoms with E-state index in [2.05, 4.69) is 49.8 Å². The van der Waals surface area contributed by atoms with Crippen molar-refractivity contribution in [1.29, 1.82) is 0 Å². The Balaban J connectivity index is 2.38. The van der Waals surface area contributed by atoms with Gasteiger partial charge in [0.05, 0.1) is 17.8 Å². The second kappa shape index (κ2) is 5.82. The molecule has 0 aliphatic carbocycles. The fraction of sp³-hybridized carbons (Fsp3) is 0.625. The molecule has 0 N–H and O–H groups in total. The molecule has 112 valence electrons. The third-order valence-corrected chi connectivity index (χ3v) is 4.22. The lowest BCUT2D eigenvalue weighted by molar-refractivity contribution is 0.311. The van der Waals surface area contributed by atoms with Gasteiger partial charge in [0.25, 0.3) is 0 Å². The number of piperazine rings is 1. The van der Waals surface area contributed by atoms with E-state index in [0.717, 1.165) is 42.6 Å². The van der Waals surface area contributed by atoms with Gasteiger partial charge in [0.1, 0.15) is 5.75 Å². The highest BCUT2D eigenvalue weighted by atomic mass is 35.5. The molecule has 0 amide bonds. The summed E-state index contributed by atoms with van der Waals surface area (Å²) >= 11 is 6.55. The first-order chi connectivity index (χ1) is 9.32. The van der Waals surface area contributed by atoms with E-state index in [-0.39, 0.29) is 5.41 Å².